The summed E-state index contributed by atoms with van der Waals surface area (Å²) in [6.45, 7) is 4.14. The van der Waals surface area contributed by atoms with Crippen molar-refractivity contribution in [3.8, 4) is 28.7 Å². The number of rotatable bonds is 19. The van der Waals surface area contributed by atoms with Gasteiger partial charge in [-0.2, -0.15) is 0 Å². The second kappa shape index (κ2) is 21.9. The van der Waals surface area contributed by atoms with Crippen molar-refractivity contribution in [2.45, 2.75) is 39.5 Å². The van der Waals surface area contributed by atoms with Crippen LogP contribution in [0, 0.1) is 11.8 Å². The molecule has 2 unspecified atom stereocenters. The summed E-state index contributed by atoms with van der Waals surface area (Å²) in [4.78, 5) is 62.8. The molecule has 5 aromatic carbocycles. The highest BCUT2D eigenvalue weighted by atomic mass is 16.6. The SMILES string of the molecule is CCC(CC(C)C(=O)OCCCCOc1ccc(C(=O)Oc2ccc(C(=O)Oc3ccccc3)cc2)cc1)C(=O)Oc1ccc(OC(=O)/C=C/c2ccccc2)cc1. The number of para-hydroxylation sites is 1. The fraction of sp³-hybridized carbons (Fsp3) is 0.213. The monoisotopic (exact) mass is 784 g/mol. The Labute approximate surface area is 337 Å². The summed E-state index contributed by atoms with van der Waals surface area (Å²) in [5.74, 6) is -1.66. The van der Waals surface area contributed by atoms with Crippen LogP contribution in [0.1, 0.15) is 65.8 Å². The largest absolute Gasteiger partial charge is 0.494 e. The van der Waals surface area contributed by atoms with Crippen LogP contribution < -0.4 is 23.7 Å². The van der Waals surface area contributed by atoms with Gasteiger partial charge in [-0.1, -0.05) is 62.4 Å². The van der Waals surface area contributed by atoms with Gasteiger partial charge in [-0.25, -0.2) is 14.4 Å². The molecule has 11 nitrogen and oxygen atoms in total. The fourth-order valence-corrected chi connectivity index (χ4v) is 5.48. The minimum Gasteiger partial charge on any atom is -0.494 e. The first kappa shape index (κ1) is 42.1. The lowest BCUT2D eigenvalue weighted by Crippen LogP contribution is -2.26. The Kier molecular flexibility index (Phi) is 15.9. The van der Waals surface area contributed by atoms with Gasteiger partial charge in [-0.3, -0.25) is 9.59 Å². The summed E-state index contributed by atoms with van der Waals surface area (Å²) in [7, 11) is 0. The van der Waals surface area contributed by atoms with Crippen LogP contribution in [0.3, 0.4) is 0 Å². The molecule has 0 saturated carbocycles. The zero-order chi connectivity index (χ0) is 41.1. The Morgan fingerprint density at radius 3 is 1.60 bits per heavy atom. The van der Waals surface area contributed by atoms with Gasteiger partial charge in [0.15, 0.2) is 0 Å². The maximum absolute atomic E-state index is 12.9. The van der Waals surface area contributed by atoms with Crippen LogP contribution in [-0.4, -0.2) is 43.1 Å². The van der Waals surface area contributed by atoms with E-state index in [4.69, 9.17) is 28.4 Å². The third-order valence-electron chi connectivity index (χ3n) is 8.73. The standard InChI is InChI=1S/C47H44O11/c1-3-35(45(50)57-42-27-25-40(26-28-42)55-43(48)29-16-34-12-6-4-7-13-34)32-33(2)44(49)54-31-11-10-30-53-38-21-17-36(18-22-38)47(52)58-41-23-19-37(20-24-41)46(51)56-39-14-8-5-9-15-39/h4-9,12-29,33,35H,3,10-11,30-32H2,1-2H3/b29-16+. The number of carbonyl (C=O) groups is 5. The molecule has 11 heteroatoms. The molecule has 0 bridgehead atoms. The van der Waals surface area contributed by atoms with Crippen molar-refractivity contribution in [2.24, 2.45) is 11.8 Å². The molecule has 5 rings (SSSR count). The van der Waals surface area contributed by atoms with E-state index in [0.717, 1.165) is 5.56 Å². The van der Waals surface area contributed by atoms with Crippen LogP contribution in [-0.2, 0) is 19.1 Å². The van der Waals surface area contributed by atoms with Crippen molar-refractivity contribution in [2.75, 3.05) is 13.2 Å². The summed E-state index contributed by atoms with van der Waals surface area (Å²) in [5, 5.41) is 0. The molecule has 298 valence electrons. The molecule has 0 aromatic heterocycles. The normalized spacial score (nSPS) is 11.8. The van der Waals surface area contributed by atoms with Gasteiger partial charge in [0, 0.05) is 6.08 Å². The molecule has 0 radical (unpaired) electrons. The number of carbonyl (C=O) groups excluding carboxylic acids is 5. The van der Waals surface area contributed by atoms with Gasteiger partial charge < -0.3 is 28.4 Å². The predicted octanol–water partition coefficient (Wildman–Crippen LogP) is 9.10. The number of ether oxygens (including phenoxy) is 6. The van der Waals surface area contributed by atoms with Gasteiger partial charge in [0.05, 0.1) is 36.2 Å². The quantitative estimate of drug-likeness (QED) is 0.0343. The van der Waals surface area contributed by atoms with Crippen LogP contribution >= 0.6 is 0 Å². The summed E-state index contributed by atoms with van der Waals surface area (Å²) in [5.41, 5.74) is 1.50. The van der Waals surface area contributed by atoms with E-state index in [-0.39, 0.29) is 18.8 Å². The van der Waals surface area contributed by atoms with Crippen LogP contribution in [0.15, 0.2) is 140 Å². The van der Waals surface area contributed by atoms with Gasteiger partial charge in [-0.05, 0) is 122 Å². The second-order valence-electron chi connectivity index (χ2n) is 13.2. The van der Waals surface area contributed by atoms with Crippen LogP contribution in [0.5, 0.6) is 28.7 Å². The van der Waals surface area contributed by atoms with E-state index < -0.39 is 41.7 Å². The van der Waals surface area contributed by atoms with Gasteiger partial charge in [0.1, 0.15) is 28.7 Å². The average Bonchev–Trinajstić information content (AvgIpc) is 3.24. The fourth-order valence-electron chi connectivity index (χ4n) is 5.48. The Morgan fingerprint density at radius 2 is 1.02 bits per heavy atom. The summed E-state index contributed by atoms with van der Waals surface area (Å²) < 4.78 is 32.8. The van der Waals surface area contributed by atoms with Crippen molar-refractivity contribution in [1.82, 2.24) is 0 Å². The van der Waals surface area contributed by atoms with Gasteiger partial charge in [0.25, 0.3) is 0 Å². The van der Waals surface area contributed by atoms with Crippen LogP contribution in [0.2, 0.25) is 0 Å². The zero-order valence-corrected chi connectivity index (χ0v) is 32.2. The molecule has 5 aromatic rings. The number of unbranched alkanes of at least 4 members (excludes halogenated alkanes) is 1. The highest BCUT2D eigenvalue weighted by molar-refractivity contribution is 5.93. The average molecular weight is 785 g/mol. The maximum atomic E-state index is 12.9. The minimum atomic E-state index is -0.566. The van der Waals surface area contributed by atoms with E-state index in [0.29, 0.717) is 60.0 Å². The number of hydrogen-bond acceptors (Lipinski definition) is 11. The van der Waals surface area contributed by atoms with E-state index in [1.807, 2.05) is 43.3 Å². The third kappa shape index (κ3) is 13.6. The first-order valence-electron chi connectivity index (χ1n) is 18.9. The molecule has 0 fully saturated rings. The molecule has 0 aliphatic carbocycles. The molecule has 0 aliphatic rings. The van der Waals surface area contributed by atoms with E-state index in [9.17, 15) is 24.0 Å². The van der Waals surface area contributed by atoms with Crippen molar-refractivity contribution in [3.05, 3.63) is 156 Å². The molecular formula is C47H44O11. The first-order chi connectivity index (χ1) is 28.2. The van der Waals surface area contributed by atoms with E-state index in [2.05, 4.69) is 0 Å². The first-order valence-corrected chi connectivity index (χ1v) is 18.9. The highest BCUT2D eigenvalue weighted by Crippen LogP contribution is 2.24. The van der Waals surface area contributed by atoms with Gasteiger partial charge in [0.2, 0.25) is 0 Å². The minimum absolute atomic E-state index is 0.201. The highest BCUT2D eigenvalue weighted by Gasteiger charge is 2.26. The summed E-state index contributed by atoms with van der Waals surface area (Å²) in [6.07, 6.45) is 4.92. The number of hydrogen-bond donors (Lipinski definition) is 0. The molecule has 0 heterocycles. The predicted molar refractivity (Wildman–Crippen MR) is 216 cm³/mol. The second-order valence-corrected chi connectivity index (χ2v) is 13.2. The molecule has 0 N–H and O–H groups in total. The van der Waals surface area contributed by atoms with E-state index in [1.54, 1.807) is 73.7 Å². The Balaban J connectivity index is 0.946. The molecular weight excluding hydrogens is 741 g/mol. The zero-order valence-electron chi connectivity index (χ0n) is 32.2. The molecule has 0 aliphatic heterocycles. The Morgan fingerprint density at radius 1 is 0.534 bits per heavy atom. The third-order valence-corrected chi connectivity index (χ3v) is 8.73. The molecule has 2 atom stereocenters. The van der Waals surface area contributed by atoms with Gasteiger partial charge in [-0.15, -0.1) is 0 Å². The maximum Gasteiger partial charge on any atom is 0.343 e. The summed E-state index contributed by atoms with van der Waals surface area (Å²) in [6, 6.07) is 36.8. The van der Waals surface area contributed by atoms with Crippen molar-refractivity contribution >= 4 is 35.9 Å². The molecule has 0 saturated heterocycles. The van der Waals surface area contributed by atoms with Crippen molar-refractivity contribution < 1.29 is 52.4 Å². The van der Waals surface area contributed by atoms with Crippen LogP contribution in [0.25, 0.3) is 6.08 Å². The lowest BCUT2D eigenvalue weighted by molar-refractivity contribution is -0.149. The topological polar surface area (TPSA) is 141 Å². The lowest BCUT2D eigenvalue weighted by Gasteiger charge is -2.18. The van der Waals surface area contributed by atoms with Crippen molar-refractivity contribution in [3.63, 3.8) is 0 Å². The number of benzene rings is 5. The molecule has 0 spiro atoms. The van der Waals surface area contributed by atoms with Crippen LogP contribution in [0.4, 0.5) is 0 Å². The summed E-state index contributed by atoms with van der Waals surface area (Å²) >= 11 is 0. The Bertz CT molecular complexity index is 2130. The lowest BCUT2D eigenvalue weighted by atomic mass is 9.94. The van der Waals surface area contributed by atoms with E-state index >= 15 is 0 Å². The molecule has 58 heavy (non-hydrogen) atoms. The number of esters is 5. The van der Waals surface area contributed by atoms with E-state index in [1.165, 1.54) is 42.5 Å². The Hall–Kier alpha value is -7.01. The van der Waals surface area contributed by atoms with Crippen molar-refractivity contribution in [1.29, 1.82) is 0 Å². The molecule has 0 amide bonds. The van der Waals surface area contributed by atoms with Gasteiger partial charge >= 0.3 is 29.8 Å². The smallest absolute Gasteiger partial charge is 0.343 e.